The number of likely N-dealkylation sites (N-methyl/N-ethyl adjacent to an activating group) is 1. The van der Waals surface area contributed by atoms with Crippen molar-refractivity contribution in [2.75, 3.05) is 20.6 Å². The lowest BCUT2D eigenvalue weighted by Gasteiger charge is -2.31. The monoisotopic (exact) mass is 419 g/mol. The summed E-state index contributed by atoms with van der Waals surface area (Å²) in [4.78, 5) is 32.8. The smallest absolute Gasteiger partial charge is 0.343 e. The van der Waals surface area contributed by atoms with E-state index in [9.17, 15) is 14.7 Å². The fourth-order valence-electron chi connectivity index (χ4n) is 4.73. The lowest BCUT2D eigenvalue weighted by Crippen LogP contribution is -2.44. The van der Waals surface area contributed by atoms with Gasteiger partial charge in [-0.15, -0.1) is 0 Å². The molecule has 0 aliphatic carbocycles. The van der Waals surface area contributed by atoms with Gasteiger partial charge in [0.05, 0.1) is 29.0 Å². The van der Waals surface area contributed by atoms with Gasteiger partial charge in [-0.05, 0) is 44.6 Å². The molecule has 3 aromatic rings. The molecule has 1 aromatic carbocycles. The highest BCUT2D eigenvalue weighted by atomic mass is 16.6. The molecular weight excluding hydrogens is 394 g/mol. The topological polar surface area (TPSA) is 84.7 Å². The van der Waals surface area contributed by atoms with Crippen LogP contribution in [0.1, 0.15) is 35.6 Å². The Morgan fingerprint density at radius 3 is 2.74 bits per heavy atom. The van der Waals surface area contributed by atoms with Crippen molar-refractivity contribution in [2.45, 2.75) is 38.5 Å². The van der Waals surface area contributed by atoms with E-state index >= 15 is 0 Å². The van der Waals surface area contributed by atoms with Crippen LogP contribution >= 0.6 is 0 Å². The fraction of sp³-hybridized carbons (Fsp3) is 0.375. The summed E-state index contributed by atoms with van der Waals surface area (Å²) >= 11 is 0. The van der Waals surface area contributed by atoms with E-state index in [1.807, 2.05) is 32.3 Å². The first-order valence-corrected chi connectivity index (χ1v) is 10.6. The van der Waals surface area contributed by atoms with Gasteiger partial charge < -0.3 is 19.3 Å². The maximum Gasteiger partial charge on any atom is 0.343 e. The second-order valence-electron chi connectivity index (χ2n) is 8.59. The molecule has 0 saturated heterocycles. The molecule has 2 aromatic heterocycles. The van der Waals surface area contributed by atoms with Crippen molar-refractivity contribution in [3.8, 4) is 11.4 Å². The first kappa shape index (κ1) is 19.9. The minimum Gasteiger partial charge on any atom is -0.458 e. The zero-order valence-corrected chi connectivity index (χ0v) is 17.9. The molecule has 2 aliphatic rings. The number of ether oxygens (including phenoxy) is 1. The summed E-state index contributed by atoms with van der Waals surface area (Å²) in [5.41, 5.74) is 3.16. The number of carbonyl (C=O) groups excluding carboxylic acids is 1. The maximum absolute atomic E-state index is 13.4. The molecule has 0 spiro atoms. The number of cyclic esters (lactones) is 1. The number of aromatic nitrogens is 2. The molecule has 5 rings (SSSR count). The molecule has 0 radical (unpaired) electrons. The third-order valence-corrected chi connectivity index (χ3v) is 6.52. The average Bonchev–Trinajstić information content (AvgIpc) is 3.13. The van der Waals surface area contributed by atoms with E-state index in [-0.39, 0.29) is 18.6 Å². The number of benzene rings is 1. The number of aliphatic hydroxyl groups is 1. The Labute approximate surface area is 179 Å². The van der Waals surface area contributed by atoms with E-state index in [1.54, 1.807) is 17.6 Å². The Morgan fingerprint density at radius 2 is 2.00 bits per heavy atom. The Kier molecular flexibility index (Phi) is 4.50. The van der Waals surface area contributed by atoms with Gasteiger partial charge in [-0.1, -0.05) is 25.1 Å². The van der Waals surface area contributed by atoms with Crippen LogP contribution in [0.5, 0.6) is 0 Å². The number of fused-ring (bicyclic) bond motifs is 5. The molecule has 0 saturated carbocycles. The highest BCUT2D eigenvalue weighted by molar-refractivity contribution is 5.89. The molecular formula is C24H25N3O4. The van der Waals surface area contributed by atoms with Crippen molar-refractivity contribution < 1.29 is 14.6 Å². The van der Waals surface area contributed by atoms with Crippen LogP contribution in [0.4, 0.5) is 0 Å². The molecule has 160 valence electrons. The third kappa shape index (κ3) is 2.84. The van der Waals surface area contributed by atoms with Crippen LogP contribution in [-0.2, 0) is 34.7 Å². The average molecular weight is 419 g/mol. The lowest BCUT2D eigenvalue weighted by atomic mass is 9.86. The second-order valence-corrected chi connectivity index (χ2v) is 8.59. The van der Waals surface area contributed by atoms with Gasteiger partial charge in [0, 0.05) is 23.1 Å². The van der Waals surface area contributed by atoms with Crippen molar-refractivity contribution in [1.82, 2.24) is 14.5 Å². The third-order valence-electron chi connectivity index (χ3n) is 6.52. The van der Waals surface area contributed by atoms with Crippen molar-refractivity contribution in [3.63, 3.8) is 0 Å². The number of para-hydroxylation sites is 1. The quantitative estimate of drug-likeness (QED) is 0.511. The van der Waals surface area contributed by atoms with Crippen LogP contribution in [-0.4, -0.2) is 46.2 Å². The lowest BCUT2D eigenvalue weighted by molar-refractivity contribution is -0.172. The highest BCUT2D eigenvalue weighted by Gasteiger charge is 2.45. The summed E-state index contributed by atoms with van der Waals surface area (Å²) in [6.45, 7) is 2.89. The van der Waals surface area contributed by atoms with Gasteiger partial charge in [0.2, 0.25) is 0 Å². The van der Waals surface area contributed by atoms with Gasteiger partial charge in [-0.2, -0.15) is 0 Å². The number of hydrogen-bond donors (Lipinski definition) is 1. The zero-order valence-electron chi connectivity index (χ0n) is 17.9. The minimum atomic E-state index is -1.81. The summed E-state index contributed by atoms with van der Waals surface area (Å²) < 4.78 is 6.86. The summed E-state index contributed by atoms with van der Waals surface area (Å²) in [6.07, 6.45) is 0.967. The SMILES string of the molecule is CC[C@@]1(O)C(=O)OCc2c1cc1n(c2=O)Cc2c-1nc1ccccc1c2CCN(C)C. The van der Waals surface area contributed by atoms with E-state index in [1.165, 1.54) is 5.56 Å². The Morgan fingerprint density at radius 1 is 1.23 bits per heavy atom. The molecule has 7 heteroatoms. The molecule has 0 unspecified atom stereocenters. The number of carbonyl (C=O) groups is 1. The van der Waals surface area contributed by atoms with Crippen LogP contribution in [0.15, 0.2) is 35.1 Å². The predicted octanol–water partition coefficient (Wildman–Crippen LogP) is 2.18. The number of pyridine rings is 2. The fourth-order valence-corrected chi connectivity index (χ4v) is 4.73. The van der Waals surface area contributed by atoms with Crippen molar-refractivity contribution in [2.24, 2.45) is 0 Å². The first-order chi connectivity index (χ1) is 14.8. The molecule has 1 atom stereocenters. The molecule has 1 N–H and O–H groups in total. The Bertz CT molecular complexity index is 1290. The van der Waals surface area contributed by atoms with E-state index in [2.05, 4.69) is 11.0 Å². The van der Waals surface area contributed by atoms with Crippen LogP contribution in [0, 0.1) is 0 Å². The van der Waals surface area contributed by atoms with Crippen molar-refractivity contribution >= 4 is 16.9 Å². The molecule has 2 aliphatic heterocycles. The van der Waals surface area contributed by atoms with Crippen LogP contribution < -0.4 is 5.56 Å². The molecule has 31 heavy (non-hydrogen) atoms. The minimum absolute atomic E-state index is 0.116. The Hall–Kier alpha value is -3.03. The van der Waals surface area contributed by atoms with E-state index in [0.717, 1.165) is 35.1 Å². The van der Waals surface area contributed by atoms with Crippen LogP contribution in [0.2, 0.25) is 0 Å². The molecule has 0 amide bonds. The summed E-state index contributed by atoms with van der Waals surface area (Å²) in [5.74, 6) is -0.705. The normalized spacial score (nSPS) is 19.3. The summed E-state index contributed by atoms with van der Waals surface area (Å²) in [5, 5.41) is 12.1. The first-order valence-electron chi connectivity index (χ1n) is 10.6. The molecule has 4 heterocycles. The van der Waals surface area contributed by atoms with Crippen molar-refractivity contribution in [1.29, 1.82) is 0 Å². The van der Waals surface area contributed by atoms with Gasteiger partial charge in [-0.25, -0.2) is 9.78 Å². The number of esters is 1. The van der Waals surface area contributed by atoms with E-state index < -0.39 is 11.6 Å². The van der Waals surface area contributed by atoms with Crippen molar-refractivity contribution in [3.05, 3.63) is 62.9 Å². The number of hydrogen-bond acceptors (Lipinski definition) is 6. The molecule has 0 bridgehead atoms. The largest absolute Gasteiger partial charge is 0.458 e. The maximum atomic E-state index is 13.4. The van der Waals surface area contributed by atoms with Gasteiger partial charge in [0.1, 0.15) is 6.61 Å². The Balaban J connectivity index is 1.77. The van der Waals surface area contributed by atoms with E-state index in [4.69, 9.17) is 9.72 Å². The second kappa shape index (κ2) is 7.00. The van der Waals surface area contributed by atoms with Crippen LogP contribution in [0.3, 0.4) is 0 Å². The van der Waals surface area contributed by atoms with Gasteiger partial charge in [-0.3, -0.25) is 4.79 Å². The molecule has 7 nitrogen and oxygen atoms in total. The summed E-state index contributed by atoms with van der Waals surface area (Å²) in [6, 6.07) is 9.79. The highest BCUT2D eigenvalue weighted by Crippen LogP contribution is 2.40. The zero-order chi connectivity index (χ0) is 21.9. The number of rotatable bonds is 4. The standard InChI is InChI=1S/C24H25N3O4/c1-4-24(30)18-11-20-21-16(12-27(20)22(28)17(18)13-31-23(24)29)14(9-10-26(2)3)15-7-5-6-8-19(15)25-21/h5-8,11,30H,4,9-10,12-13H2,1-3H3/t24-/m0/s1. The summed E-state index contributed by atoms with van der Waals surface area (Å²) in [7, 11) is 4.08. The van der Waals surface area contributed by atoms with Gasteiger partial charge >= 0.3 is 5.97 Å². The van der Waals surface area contributed by atoms with Gasteiger partial charge in [0.15, 0.2) is 5.60 Å². The number of nitrogens with zero attached hydrogens (tertiary/aromatic N) is 3. The predicted molar refractivity (Wildman–Crippen MR) is 117 cm³/mol. The van der Waals surface area contributed by atoms with Crippen LogP contribution in [0.25, 0.3) is 22.3 Å². The van der Waals surface area contributed by atoms with E-state index in [0.29, 0.717) is 23.4 Å². The molecule has 0 fully saturated rings. The van der Waals surface area contributed by atoms with Gasteiger partial charge in [0.25, 0.3) is 5.56 Å².